The number of pyridine rings is 1. The fraction of sp³-hybridized carbons (Fsp3) is 0.333. The van der Waals surface area contributed by atoms with Crippen LogP contribution >= 0.6 is 11.3 Å². The molecule has 0 atom stereocenters. The molecule has 0 amide bonds. The van der Waals surface area contributed by atoms with E-state index in [1.165, 1.54) is 22.1 Å². The number of thiazole rings is 1. The van der Waals surface area contributed by atoms with E-state index in [-0.39, 0.29) is 17.9 Å². The first-order valence-electron chi connectivity index (χ1n) is 7.38. The topological polar surface area (TPSA) is 107 Å². The number of fused-ring (bicyclic) bond motifs is 1. The fourth-order valence-corrected chi connectivity index (χ4v) is 2.69. The molecule has 0 fully saturated rings. The molecule has 0 bridgehead atoms. The van der Waals surface area contributed by atoms with Gasteiger partial charge in [0.1, 0.15) is 10.5 Å². The number of hydrogen-bond donors (Lipinski definition) is 2. The van der Waals surface area contributed by atoms with E-state index in [1.807, 2.05) is 13.8 Å². The van der Waals surface area contributed by atoms with Crippen LogP contribution in [0.2, 0.25) is 0 Å². The van der Waals surface area contributed by atoms with Gasteiger partial charge in [-0.15, -0.1) is 11.3 Å². The highest BCUT2D eigenvalue weighted by Gasteiger charge is 2.16. The second-order valence-corrected chi connectivity index (χ2v) is 5.30. The number of aromatic nitrogens is 4. The van der Waals surface area contributed by atoms with E-state index in [2.05, 4.69) is 15.0 Å². The average Bonchev–Trinajstić information content (AvgIpc) is 3.10. The SMILES string of the molecule is CC.Nc1ccnc2c1nc(-c1nccs1)c(=O)n2CCCO. The Bertz CT molecular complexity index is 830. The molecule has 0 aromatic carbocycles. The van der Waals surface area contributed by atoms with Crippen molar-refractivity contribution in [2.45, 2.75) is 26.8 Å². The Balaban J connectivity index is 0.000000924. The van der Waals surface area contributed by atoms with Gasteiger partial charge in [0.05, 0.1) is 5.69 Å². The van der Waals surface area contributed by atoms with Crippen molar-refractivity contribution in [3.8, 4) is 10.7 Å². The summed E-state index contributed by atoms with van der Waals surface area (Å²) in [6.45, 7) is 4.34. The smallest absolute Gasteiger partial charge is 0.281 e. The molecular weight excluding hydrogens is 314 g/mol. The molecule has 0 aliphatic heterocycles. The van der Waals surface area contributed by atoms with Crippen molar-refractivity contribution in [3.05, 3.63) is 34.2 Å². The molecule has 3 heterocycles. The van der Waals surface area contributed by atoms with Crippen molar-refractivity contribution in [2.75, 3.05) is 12.3 Å². The van der Waals surface area contributed by atoms with E-state index in [9.17, 15) is 4.79 Å². The molecular formula is C15H19N5O2S. The molecule has 0 spiro atoms. The monoisotopic (exact) mass is 333 g/mol. The summed E-state index contributed by atoms with van der Waals surface area (Å²) in [6, 6.07) is 1.64. The number of nitrogen functional groups attached to an aromatic ring is 1. The predicted molar refractivity (Wildman–Crippen MR) is 92.4 cm³/mol. The third-order valence-electron chi connectivity index (χ3n) is 3.04. The minimum absolute atomic E-state index is 0.00877. The van der Waals surface area contributed by atoms with Gasteiger partial charge in [-0.2, -0.15) is 0 Å². The average molecular weight is 333 g/mol. The number of rotatable bonds is 4. The maximum Gasteiger partial charge on any atom is 0.281 e. The first kappa shape index (κ1) is 17.0. The van der Waals surface area contributed by atoms with E-state index in [1.54, 1.807) is 17.6 Å². The van der Waals surface area contributed by atoms with E-state index < -0.39 is 0 Å². The second-order valence-electron chi connectivity index (χ2n) is 4.40. The molecule has 3 aromatic rings. The summed E-state index contributed by atoms with van der Waals surface area (Å²) < 4.78 is 1.49. The predicted octanol–water partition coefficient (Wildman–Crippen LogP) is 1.91. The largest absolute Gasteiger partial charge is 0.397 e. The Hall–Kier alpha value is -2.32. The van der Waals surface area contributed by atoms with Crippen LogP contribution in [0.25, 0.3) is 21.9 Å². The first-order valence-corrected chi connectivity index (χ1v) is 8.26. The summed E-state index contributed by atoms with van der Waals surface area (Å²) in [4.78, 5) is 25.3. The zero-order valence-electron chi connectivity index (χ0n) is 13.1. The quantitative estimate of drug-likeness (QED) is 0.755. The summed E-state index contributed by atoms with van der Waals surface area (Å²) in [7, 11) is 0. The van der Waals surface area contributed by atoms with Crippen LogP contribution in [0, 0.1) is 0 Å². The molecule has 122 valence electrons. The summed E-state index contributed by atoms with van der Waals surface area (Å²) in [5.41, 5.74) is 7.28. The van der Waals surface area contributed by atoms with E-state index in [0.717, 1.165) is 0 Å². The van der Waals surface area contributed by atoms with Crippen LogP contribution in [0.5, 0.6) is 0 Å². The Kier molecular flexibility index (Phi) is 5.78. The van der Waals surface area contributed by atoms with Crippen LogP contribution in [0.15, 0.2) is 28.6 Å². The Morgan fingerprint density at radius 3 is 2.74 bits per heavy atom. The molecule has 0 aliphatic carbocycles. The molecule has 3 aromatic heterocycles. The molecule has 23 heavy (non-hydrogen) atoms. The highest BCUT2D eigenvalue weighted by atomic mass is 32.1. The minimum atomic E-state index is -0.274. The molecule has 0 saturated heterocycles. The Morgan fingerprint density at radius 1 is 1.30 bits per heavy atom. The summed E-state index contributed by atoms with van der Waals surface area (Å²) in [5.74, 6) is 0. The van der Waals surface area contributed by atoms with Gasteiger partial charge in [0.25, 0.3) is 5.56 Å². The normalized spacial score (nSPS) is 10.4. The Morgan fingerprint density at radius 2 is 2.09 bits per heavy atom. The van der Waals surface area contributed by atoms with Crippen LogP contribution in [-0.2, 0) is 6.54 Å². The molecule has 0 unspecified atom stereocenters. The third-order valence-corrected chi connectivity index (χ3v) is 3.82. The van der Waals surface area contributed by atoms with E-state index >= 15 is 0 Å². The standard InChI is InChI=1S/C13H13N5O2S.C2H6/c14-8-2-3-15-11-9(8)17-10(12-16-4-7-21-12)13(20)18(11)5-1-6-19;1-2/h2-4,7,19H,1,5-6H2,(H2,14,15);1-2H3. The minimum Gasteiger partial charge on any atom is -0.397 e. The molecule has 3 N–H and O–H groups in total. The van der Waals surface area contributed by atoms with Gasteiger partial charge >= 0.3 is 0 Å². The molecule has 7 nitrogen and oxygen atoms in total. The highest BCUT2D eigenvalue weighted by Crippen LogP contribution is 2.21. The van der Waals surface area contributed by atoms with Crippen LogP contribution in [0.1, 0.15) is 20.3 Å². The molecule has 3 rings (SSSR count). The highest BCUT2D eigenvalue weighted by molar-refractivity contribution is 7.13. The van der Waals surface area contributed by atoms with Gasteiger partial charge in [0, 0.05) is 30.9 Å². The van der Waals surface area contributed by atoms with Crippen LogP contribution in [0.4, 0.5) is 5.69 Å². The van der Waals surface area contributed by atoms with Crippen LogP contribution in [0.3, 0.4) is 0 Å². The van der Waals surface area contributed by atoms with Crippen molar-refractivity contribution in [2.24, 2.45) is 0 Å². The lowest BCUT2D eigenvalue weighted by molar-refractivity contribution is 0.280. The van der Waals surface area contributed by atoms with Gasteiger partial charge in [-0.05, 0) is 12.5 Å². The van der Waals surface area contributed by atoms with Gasteiger partial charge in [-0.1, -0.05) is 13.8 Å². The van der Waals surface area contributed by atoms with Gasteiger partial charge in [0.15, 0.2) is 11.3 Å². The lowest BCUT2D eigenvalue weighted by Crippen LogP contribution is -2.25. The molecule has 0 aliphatic rings. The fourth-order valence-electron chi connectivity index (χ4n) is 2.07. The summed E-state index contributed by atoms with van der Waals surface area (Å²) >= 11 is 1.34. The number of aliphatic hydroxyl groups excluding tert-OH is 1. The van der Waals surface area contributed by atoms with Crippen LogP contribution in [-0.4, -0.2) is 31.2 Å². The Labute approximate surface area is 137 Å². The maximum absolute atomic E-state index is 12.6. The molecule has 0 radical (unpaired) electrons. The van der Waals surface area contributed by atoms with E-state index in [0.29, 0.717) is 34.8 Å². The lowest BCUT2D eigenvalue weighted by Gasteiger charge is -2.11. The van der Waals surface area contributed by atoms with Crippen molar-refractivity contribution in [1.82, 2.24) is 19.5 Å². The van der Waals surface area contributed by atoms with Crippen molar-refractivity contribution < 1.29 is 5.11 Å². The third kappa shape index (κ3) is 3.38. The molecule has 0 saturated carbocycles. The number of nitrogens with zero attached hydrogens (tertiary/aromatic N) is 4. The number of anilines is 1. The van der Waals surface area contributed by atoms with Gasteiger partial charge < -0.3 is 10.8 Å². The zero-order chi connectivity index (χ0) is 16.8. The lowest BCUT2D eigenvalue weighted by atomic mass is 10.3. The molecule has 8 heteroatoms. The number of aryl methyl sites for hydroxylation is 1. The summed E-state index contributed by atoms with van der Waals surface area (Å²) in [6.07, 6.45) is 3.61. The zero-order valence-corrected chi connectivity index (χ0v) is 13.9. The number of hydrogen-bond acceptors (Lipinski definition) is 7. The van der Waals surface area contributed by atoms with Crippen molar-refractivity contribution in [1.29, 1.82) is 0 Å². The first-order chi connectivity index (χ1) is 11.2. The van der Waals surface area contributed by atoms with Gasteiger partial charge in [0.2, 0.25) is 0 Å². The van der Waals surface area contributed by atoms with Crippen molar-refractivity contribution >= 4 is 28.2 Å². The maximum atomic E-state index is 12.6. The van der Waals surface area contributed by atoms with E-state index in [4.69, 9.17) is 10.8 Å². The van der Waals surface area contributed by atoms with Crippen LogP contribution < -0.4 is 11.3 Å². The van der Waals surface area contributed by atoms with Crippen molar-refractivity contribution in [3.63, 3.8) is 0 Å². The number of aliphatic hydroxyl groups is 1. The number of nitrogens with two attached hydrogens (primary N) is 1. The summed E-state index contributed by atoms with van der Waals surface area (Å²) in [5, 5.41) is 11.3. The van der Waals surface area contributed by atoms with Gasteiger partial charge in [-0.25, -0.2) is 15.0 Å². The second kappa shape index (κ2) is 7.80. The van der Waals surface area contributed by atoms with Gasteiger partial charge in [-0.3, -0.25) is 9.36 Å².